The molecule has 4 heteroatoms. The number of fused-ring (bicyclic) bond motifs is 1. The largest absolute Gasteiger partial charge is 0.465 e. The van der Waals surface area contributed by atoms with E-state index < -0.39 is 11.9 Å². The van der Waals surface area contributed by atoms with Crippen LogP contribution in [0.5, 0.6) is 0 Å². The topological polar surface area (TPSA) is 46.6 Å². The maximum Gasteiger partial charge on any atom is 0.317 e. The van der Waals surface area contributed by atoms with E-state index in [0.29, 0.717) is 0 Å². The second-order valence-corrected chi connectivity index (χ2v) is 4.88. The van der Waals surface area contributed by atoms with Crippen molar-refractivity contribution in [2.24, 2.45) is 5.92 Å². The van der Waals surface area contributed by atoms with Crippen molar-refractivity contribution in [3.05, 3.63) is 42.1 Å². The summed E-state index contributed by atoms with van der Waals surface area (Å²) in [5.41, 5.74) is 1.99. The molecule has 1 aliphatic heterocycles. The Morgan fingerprint density at radius 3 is 2.70 bits per heavy atom. The molecule has 2 rings (SSSR count). The van der Waals surface area contributed by atoms with Gasteiger partial charge in [-0.2, -0.15) is 0 Å². The number of hydrogen-bond donors (Lipinski definition) is 0. The molecule has 1 aromatic rings. The van der Waals surface area contributed by atoms with Crippen molar-refractivity contribution in [3.63, 3.8) is 0 Å². The quantitative estimate of drug-likeness (QED) is 0.624. The van der Waals surface area contributed by atoms with E-state index in [9.17, 15) is 9.59 Å². The number of ether oxygens (including phenoxy) is 1. The highest BCUT2D eigenvalue weighted by atomic mass is 16.5. The van der Waals surface area contributed by atoms with Crippen LogP contribution >= 0.6 is 0 Å². The molecule has 1 aliphatic rings. The number of hydrogen-bond acceptors (Lipinski definition) is 4. The van der Waals surface area contributed by atoms with Gasteiger partial charge in [-0.15, -0.1) is 0 Å². The zero-order valence-corrected chi connectivity index (χ0v) is 12.0. The van der Waals surface area contributed by atoms with Gasteiger partial charge in [0.25, 0.3) is 0 Å². The van der Waals surface area contributed by atoms with Crippen molar-refractivity contribution in [1.29, 1.82) is 0 Å². The minimum absolute atomic E-state index is 0.169. The summed E-state index contributed by atoms with van der Waals surface area (Å²) in [6.07, 6.45) is 3.79. The molecule has 0 saturated heterocycles. The second-order valence-electron chi connectivity index (χ2n) is 4.88. The van der Waals surface area contributed by atoms with Crippen LogP contribution in [0, 0.1) is 5.92 Å². The van der Waals surface area contributed by atoms with Crippen molar-refractivity contribution in [2.45, 2.75) is 19.8 Å². The van der Waals surface area contributed by atoms with E-state index >= 15 is 0 Å². The molecule has 0 N–H and O–H groups in total. The van der Waals surface area contributed by atoms with Crippen LogP contribution in [-0.2, 0) is 14.3 Å². The molecular weight excluding hydrogens is 254 g/mol. The SMILES string of the molecule is CCOC(=O)C(C(C)=O)C1C=CN(C)c2ccccc21. The van der Waals surface area contributed by atoms with E-state index in [1.165, 1.54) is 6.92 Å². The minimum Gasteiger partial charge on any atom is -0.465 e. The summed E-state index contributed by atoms with van der Waals surface area (Å²) in [6.45, 7) is 3.46. The van der Waals surface area contributed by atoms with Crippen LogP contribution in [0.3, 0.4) is 0 Å². The van der Waals surface area contributed by atoms with E-state index in [-0.39, 0.29) is 18.3 Å². The summed E-state index contributed by atoms with van der Waals surface area (Å²) in [5.74, 6) is -1.66. The van der Waals surface area contributed by atoms with Gasteiger partial charge in [0.15, 0.2) is 0 Å². The summed E-state index contributed by atoms with van der Waals surface area (Å²) < 4.78 is 5.05. The van der Waals surface area contributed by atoms with Gasteiger partial charge in [-0.05, 0) is 25.5 Å². The lowest BCUT2D eigenvalue weighted by molar-refractivity contribution is -0.151. The number of carbonyl (C=O) groups is 2. The summed E-state index contributed by atoms with van der Waals surface area (Å²) in [7, 11) is 1.94. The van der Waals surface area contributed by atoms with Gasteiger partial charge in [0.05, 0.1) is 6.61 Å². The number of rotatable bonds is 4. The number of anilines is 1. The van der Waals surface area contributed by atoms with Crippen LogP contribution in [0.1, 0.15) is 25.3 Å². The zero-order valence-electron chi connectivity index (χ0n) is 12.0. The fourth-order valence-corrected chi connectivity index (χ4v) is 2.58. The predicted molar refractivity (Wildman–Crippen MR) is 77.5 cm³/mol. The van der Waals surface area contributed by atoms with Crippen molar-refractivity contribution in [1.82, 2.24) is 0 Å². The number of nitrogens with zero attached hydrogens (tertiary/aromatic N) is 1. The van der Waals surface area contributed by atoms with Crippen molar-refractivity contribution in [2.75, 3.05) is 18.6 Å². The summed E-state index contributed by atoms with van der Waals surface area (Å²) in [4.78, 5) is 26.0. The van der Waals surface area contributed by atoms with Crippen LogP contribution in [0.4, 0.5) is 5.69 Å². The molecule has 4 nitrogen and oxygen atoms in total. The van der Waals surface area contributed by atoms with Crippen molar-refractivity contribution in [3.8, 4) is 0 Å². The van der Waals surface area contributed by atoms with Crippen LogP contribution in [0.25, 0.3) is 0 Å². The second kappa shape index (κ2) is 5.90. The predicted octanol–water partition coefficient (Wildman–Crippen LogP) is 2.50. The third-order valence-corrected chi connectivity index (χ3v) is 3.53. The fourth-order valence-electron chi connectivity index (χ4n) is 2.58. The molecular formula is C16H19NO3. The summed E-state index contributed by atoms with van der Waals surface area (Å²) in [6, 6.07) is 7.79. The van der Waals surface area contributed by atoms with E-state index in [0.717, 1.165) is 11.3 Å². The van der Waals surface area contributed by atoms with Gasteiger partial charge in [0, 0.05) is 24.9 Å². The molecule has 2 atom stereocenters. The Hall–Kier alpha value is -2.10. The third-order valence-electron chi connectivity index (χ3n) is 3.53. The first-order chi connectivity index (χ1) is 9.56. The Morgan fingerprint density at radius 1 is 1.35 bits per heavy atom. The van der Waals surface area contributed by atoms with Crippen molar-refractivity contribution < 1.29 is 14.3 Å². The number of Topliss-reactive ketones (excluding diaryl/α,β-unsaturated/α-hetero) is 1. The highest BCUT2D eigenvalue weighted by Gasteiger charge is 2.36. The van der Waals surface area contributed by atoms with Gasteiger partial charge in [0.1, 0.15) is 11.7 Å². The average molecular weight is 273 g/mol. The maximum absolute atomic E-state index is 12.1. The Kier molecular flexibility index (Phi) is 4.23. The van der Waals surface area contributed by atoms with Gasteiger partial charge in [-0.3, -0.25) is 9.59 Å². The van der Waals surface area contributed by atoms with Crippen LogP contribution in [-0.4, -0.2) is 25.4 Å². The minimum atomic E-state index is -0.777. The number of carbonyl (C=O) groups excluding carboxylic acids is 2. The molecule has 0 aliphatic carbocycles. The maximum atomic E-state index is 12.1. The van der Waals surface area contributed by atoms with E-state index in [4.69, 9.17) is 4.74 Å². The molecule has 1 heterocycles. The Balaban J connectivity index is 2.42. The Bertz CT molecular complexity index is 550. The number of allylic oxidation sites excluding steroid dienone is 1. The molecule has 0 saturated carbocycles. The lowest BCUT2D eigenvalue weighted by Crippen LogP contribution is -2.32. The third kappa shape index (κ3) is 2.59. The smallest absolute Gasteiger partial charge is 0.317 e. The van der Waals surface area contributed by atoms with Gasteiger partial charge in [0.2, 0.25) is 0 Å². The molecule has 2 unspecified atom stereocenters. The summed E-state index contributed by atoms with van der Waals surface area (Å²) in [5, 5.41) is 0. The number of para-hydroxylation sites is 1. The zero-order chi connectivity index (χ0) is 14.7. The standard InChI is InChI=1S/C16H19NO3/c1-4-20-16(19)15(11(2)18)13-9-10-17(3)14-8-6-5-7-12(13)14/h5-10,13,15H,4H2,1-3H3. The molecule has 0 spiro atoms. The molecule has 0 bridgehead atoms. The molecule has 0 aromatic heterocycles. The fraction of sp³-hybridized carbons (Fsp3) is 0.375. The van der Waals surface area contributed by atoms with Gasteiger partial charge in [-0.1, -0.05) is 24.3 Å². The van der Waals surface area contributed by atoms with Gasteiger partial charge >= 0.3 is 5.97 Å². The highest BCUT2D eigenvalue weighted by molar-refractivity contribution is 5.99. The van der Waals surface area contributed by atoms with E-state index in [1.807, 2.05) is 48.5 Å². The number of benzene rings is 1. The molecule has 106 valence electrons. The van der Waals surface area contributed by atoms with Gasteiger partial charge < -0.3 is 9.64 Å². The molecule has 20 heavy (non-hydrogen) atoms. The van der Waals surface area contributed by atoms with Gasteiger partial charge in [-0.25, -0.2) is 0 Å². The highest BCUT2D eigenvalue weighted by Crippen LogP contribution is 2.37. The molecule has 0 amide bonds. The first-order valence-electron chi connectivity index (χ1n) is 6.73. The van der Waals surface area contributed by atoms with E-state index in [1.54, 1.807) is 6.92 Å². The lowest BCUT2D eigenvalue weighted by Gasteiger charge is -2.30. The Labute approximate surface area is 119 Å². The lowest BCUT2D eigenvalue weighted by atomic mass is 9.81. The Morgan fingerprint density at radius 2 is 2.05 bits per heavy atom. The molecule has 1 aromatic carbocycles. The van der Waals surface area contributed by atoms with E-state index in [2.05, 4.69) is 0 Å². The van der Waals surface area contributed by atoms with Crippen LogP contribution < -0.4 is 4.90 Å². The van der Waals surface area contributed by atoms with Crippen LogP contribution in [0.2, 0.25) is 0 Å². The number of esters is 1. The van der Waals surface area contributed by atoms with Crippen LogP contribution in [0.15, 0.2) is 36.5 Å². The normalized spacial score (nSPS) is 18.4. The first kappa shape index (κ1) is 14.3. The first-order valence-corrected chi connectivity index (χ1v) is 6.73. The average Bonchev–Trinajstić information content (AvgIpc) is 2.42. The number of ketones is 1. The molecule has 0 fully saturated rings. The van der Waals surface area contributed by atoms with Crippen molar-refractivity contribution >= 4 is 17.4 Å². The summed E-state index contributed by atoms with van der Waals surface area (Å²) >= 11 is 0. The molecule has 0 radical (unpaired) electrons. The monoisotopic (exact) mass is 273 g/mol.